The van der Waals surface area contributed by atoms with Crippen molar-refractivity contribution in [2.45, 2.75) is 19.3 Å². The Labute approximate surface area is 604 Å². The normalized spacial score (nSPS) is 12.9. The molecule has 19 aromatic rings. The third kappa shape index (κ3) is 10.7. The molecule has 0 aliphatic heterocycles. The van der Waals surface area contributed by atoms with E-state index in [1.54, 1.807) is 6.20 Å². The minimum Gasteiger partial charge on any atom is -0.278 e. The second-order valence-corrected chi connectivity index (χ2v) is 27.0. The number of aromatic nitrogens is 6. The highest BCUT2D eigenvalue weighted by atomic mass is 15.2. The van der Waals surface area contributed by atoms with Crippen LogP contribution in [0.3, 0.4) is 0 Å². The Bertz CT molecular complexity index is 6780. The lowest BCUT2D eigenvalue weighted by molar-refractivity contribution is 0.660. The zero-order valence-corrected chi connectivity index (χ0v) is 56.4. The van der Waals surface area contributed by atoms with Crippen molar-refractivity contribution in [1.82, 2.24) is 29.1 Å². The molecule has 0 saturated carbocycles. The first-order valence-corrected chi connectivity index (χ1v) is 34.8. The third-order valence-electron chi connectivity index (χ3n) is 20.7. The van der Waals surface area contributed by atoms with Crippen LogP contribution in [0.15, 0.2) is 364 Å². The average Bonchev–Trinajstić information content (AvgIpc) is 1.57. The number of rotatable bonds is 10. The van der Waals surface area contributed by atoms with Crippen molar-refractivity contribution in [2.75, 3.05) is 0 Å². The smallest absolute Gasteiger partial charge is 0.235 e. The largest absolute Gasteiger partial charge is 0.278 e. The van der Waals surface area contributed by atoms with E-state index in [2.05, 4.69) is 278 Å². The van der Waals surface area contributed by atoms with Gasteiger partial charge in [0.2, 0.25) is 11.9 Å². The molecule has 0 bridgehead atoms. The van der Waals surface area contributed by atoms with Crippen LogP contribution < -0.4 is 0 Å². The van der Waals surface area contributed by atoms with Crippen LogP contribution in [0.5, 0.6) is 0 Å². The molecule has 1 aliphatic carbocycles. The summed E-state index contributed by atoms with van der Waals surface area (Å²) < 4.78 is 46.1. The minimum atomic E-state index is -0.411. The van der Waals surface area contributed by atoms with Crippen LogP contribution in [0, 0.1) is 0 Å². The van der Waals surface area contributed by atoms with Crippen LogP contribution in [0.2, 0.25) is 0 Å². The van der Waals surface area contributed by atoms with Crippen molar-refractivity contribution < 1.29 is 6.85 Å². The topological polar surface area (TPSA) is 61.4 Å². The fourth-order valence-corrected chi connectivity index (χ4v) is 15.5. The van der Waals surface area contributed by atoms with Gasteiger partial charge in [-0.05, 0) is 165 Å². The molecule has 0 spiro atoms. The summed E-state index contributed by atoms with van der Waals surface area (Å²) in [6.45, 7) is 4.69. The van der Waals surface area contributed by atoms with Gasteiger partial charge in [0.05, 0.1) is 34.6 Å². The molecular formula is C97H66N6. The van der Waals surface area contributed by atoms with Gasteiger partial charge >= 0.3 is 0 Å². The van der Waals surface area contributed by atoms with Gasteiger partial charge in [-0.15, -0.1) is 0 Å². The van der Waals surface area contributed by atoms with Gasteiger partial charge < -0.3 is 0 Å². The lowest BCUT2D eigenvalue weighted by Crippen LogP contribution is -2.14. The second-order valence-electron chi connectivity index (χ2n) is 27.0. The zero-order valence-electron chi connectivity index (χ0n) is 61.4. The van der Waals surface area contributed by atoms with E-state index in [-0.39, 0.29) is 35.1 Å². The first-order chi connectivity index (χ1) is 52.9. The Morgan fingerprint density at radius 3 is 1.47 bits per heavy atom. The fraction of sp³-hybridized carbons (Fsp3) is 0.0309. The lowest BCUT2D eigenvalue weighted by atomic mass is 9.81. The van der Waals surface area contributed by atoms with E-state index in [4.69, 9.17) is 26.8 Å². The van der Waals surface area contributed by atoms with E-state index in [9.17, 15) is 0 Å². The van der Waals surface area contributed by atoms with E-state index >= 15 is 0 Å². The molecule has 0 atom stereocenters. The Kier molecular flexibility index (Phi) is 13.5. The molecule has 484 valence electrons. The molecule has 1 aliphatic rings. The maximum absolute atomic E-state index is 8.61. The second kappa shape index (κ2) is 25.1. The minimum absolute atomic E-state index is 0.0572. The Morgan fingerprint density at radius 2 is 0.767 bits per heavy atom. The van der Waals surface area contributed by atoms with Gasteiger partial charge in [0.1, 0.15) is 0 Å². The lowest BCUT2D eigenvalue weighted by Gasteiger charge is -2.22. The molecule has 20 rings (SSSR count). The number of benzene rings is 15. The molecule has 0 N–H and O–H groups in total. The van der Waals surface area contributed by atoms with Crippen LogP contribution in [-0.2, 0) is 5.41 Å². The summed E-state index contributed by atoms with van der Waals surface area (Å²) in [6, 6.07) is 109. The van der Waals surface area contributed by atoms with Crippen molar-refractivity contribution in [1.29, 1.82) is 0 Å². The molecule has 0 amide bonds. The van der Waals surface area contributed by atoms with Crippen molar-refractivity contribution in [3.05, 3.63) is 375 Å². The first kappa shape index (κ1) is 55.5. The molecule has 103 heavy (non-hydrogen) atoms. The summed E-state index contributed by atoms with van der Waals surface area (Å²) in [6.07, 6.45) is 5.68. The van der Waals surface area contributed by atoms with E-state index in [1.165, 1.54) is 88.3 Å². The van der Waals surface area contributed by atoms with E-state index in [1.807, 2.05) is 73.1 Å². The SMILES string of the molecule is CC1(C)c2ccccc2-c2ccc(-c3ccc4c(c3)c3c5ccccc5ccc3n4-c3ncc(-c4ccc(-c5cccc(-c6ccccc6)c5)cc4)cn3)cc21.[2H]c1c([2H])c([2H])c(-c2ccc3c(c2)c2ccc4ccccc4c2n3-c2nccc(-c3cccc(-c4ccc(-c5ccccc5)cc4)c3)n2)c([2H])c1[2H]. The van der Waals surface area contributed by atoms with Crippen LogP contribution >= 0.6 is 0 Å². The van der Waals surface area contributed by atoms with Gasteiger partial charge in [-0.25, -0.2) is 19.9 Å². The Hall–Kier alpha value is -13.4. The predicted molar refractivity (Wildman–Crippen MR) is 429 cm³/mol. The van der Waals surface area contributed by atoms with Gasteiger partial charge in [-0.3, -0.25) is 9.13 Å². The molecule has 0 saturated heterocycles. The maximum Gasteiger partial charge on any atom is 0.235 e. The standard InChI is InChI=1S/C53H37N3.C44H29N3/c1-53(2)47-18-9-8-17-44(47)45-26-23-41(31-48(45)53)40-25-27-49-46(30-40)51-43-16-7-6-13-37(43)24-28-50(51)56(49)52-54-32-42(33-55-52)36-21-19-35(20-22-36)39-15-10-14-38(29-39)34-11-4-3-5-12-34;1-3-10-30(11-4-1)32-18-20-33(21-19-32)35-15-9-16-37(28-35)41-26-27-45-44(46-41)47-42-25-23-36(31-12-5-2-6-13-31)29-40(42)39-24-22-34-14-7-8-17-38(34)43(39)47/h3-33H,1-2H3;1-29H/i;2D,5D,6D,12D,13D. The summed E-state index contributed by atoms with van der Waals surface area (Å²) in [4.78, 5) is 20.0. The summed E-state index contributed by atoms with van der Waals surface area (Å²) in [5.74, 6) is 1.16. The van der Waals surface area contributed by atoms with E-state index in [0.29, 0.717) is 17.5 Å². The Balaban J connectivity index is 0.000000147. The summed E-state index contributed by atoms with van der Waals surface area (Å²) in [5.41, 5.74) is 25.6. The maximum atomic E-state index is 8.61. The molecule has 15 aromatic carbocycles. The van der Waals surface area contributed by atoms with Gasteiger partial charge in [0, 0.05) is 62.1 Å². The van der Waals surface area contributed by atoms with Crippen LogP contribution in [0.4, 0.5) is 0 Å². The first-order valence-electron chi connectivity index (χ1n) is 37.3. The fourth-order valence-electron chi connectivity index (χ4n) is 15.5. The van der Waals surface area contributed by atoms with Crippen LogP contribution in [0.25, 0.3) is 177 Å². The molecular weight excluding hydrogens is 1250 g/mol. The molecule has 4 heterocycles. The highest BCUT2D eigenvalue weighted by molar-refractivity contribution is 6.22. The zero-order chi connectivity index (χ0) is 72.9. The third-order valence-corrected chi connectivity index (χ3v) is 20.7. The number of nitrogens with zero attached hydrogens (tertiary/aromatic N) is 6. The van der Waals surface area contributed by atoms with Crippen molar-refractivity contribution in [3.63, 3.8) is 0 Å². The number of hydrogen-bond donors (Lipinski definition) is 0. The van der Waals surface area contributed by atoms with Crippen LogP contribution in [-0.4, -0.2) is 29.1 Å². The van der Waals surface area contributed by atoms with Crippen molar-refractivity contribution >= 4 is 65.2 Å². The molecule has 6 heteroatoms. The number of fused-ring (bicyclic) bond motifs is 13. The highest BCUT2D eigenvalue weighted by Crippen LogP contribution is 2.50. The molecule has 6 nitrogen and oxygen atoms in total. The van der Waals surface area contributed by atoms with Gasteiger partial charge in [-0.2, -0.15) is 0 Å². The van der Waals surface area contributed by atoms with Crippen molar-refractivity contribution in [3.8, 4) is 112 Å². The van der Waals surface area contributed by atoms with Crippen molar-refractivity contribution in [2.24, 2.45) is 0 Å². The molecule has 4 aromatic heterocycles. The predicted octanol–water partition coefficient (Wildman–Crippen LogP) is 25.1. The van der Waals surface area contributed by atoms with E-state index in [0.717, 1.165) is 77.1 Å². The van der Waals surface area contributed by atoms with Gasteiger partial charge in [0.15, 0.2) is 0 Å². The monoisotopic (exact) mass is 1320 g/mol. The van der Waals surface area contributed by atoms with Gasteiger partial charge in [-0.1, -0.05) is 305 Å². The Morgan fingerprint density at radius 1 is 0.291 bits per heavy atom. The van der Waals surface area contributed by atoms with Crippen LogP contribution in [0.1, 0.15) is 31.8 Å². The quantitative estimate of drug-likeness (QED) is 0.137. The molecule has 0 fully saturated rings. The molecule has 0 radical (unpaired) electrons. The summed E-state index contributed by atoms with van der Waals surface area (Å²) in [5, 5.41) is 8.74. The van der Waals surface area contributed by atoms with Gasteiger partial charge in [0.25, 0.3) is 0 Å². The molecule has 0 unspecified atom stereocenters. The average molecular weight is 1320 g/mol. The highest BCUT2D eigenvalue weighted by Gasteiger charge is 2.35. The summed E-state index contributed by atoms with van der Waals surface area (Å²) in [7, 11) is 0. The van der Waals surface area contributed by atoms with E-state index < -0.39 is 6.04 Å². The summed E-state index contributed by atoms with van der Waals surface area (Å²) >= 11 is 0. The number of hydrogen-bond acceptors (Lipinski definition) is 4.